The van der Waals surface area contributed by atoms with Gasteiger partial charge in [0, 0.05) is 18.5 Å². The lowest BCUT2D eigenvalue weighted by atomic mass is 9.89. The summed E-state index contributed by atoms with van der Waals surface area (Å²) in [5.41, 5.74) is 8.38. The number of nitrogens with one attached hydrogen (secondary N) is 1. The molecule has 4 nitrogen and oxygen atoms in total. The van der Waals surface area contributed by atoms with Gasteiger partial charge in [-0.2, -0.15) is 0 Å². The van der Waals surface area contributed by atoms with Gasteiger partial charge in [0.2, 0.25) is 0 Å². The smallest absolute Gasteiger partial charge is 0.122 e. The molecule has 1 saturated carbocycles. The quantitative estimate of drug-likeness (QED) is 0.641. The number of benzene rings is 1. The maximum absolute atomic E-state index is 7.51. The van der Waals surface area contributed by atoms with Gasteiger partial charge in [-0.3, -0.25) is 5.41 Å². The third kappa shape index (κ3) is 2.11. The van der Waals surface area contributed by atoms with Crippen molar-refractivity contribution in [3.05, 3.63) is 29.6 Å². The maximum atomic E-state index is 7.51. The molecule has 100 valence electrons. The highest BCUT2D eigenvalue weighted by Crippen LogP contribution is 2.33. The van der Waals surface area contributed by atoms with E-state index in [1.54, 1.807) is 0 Å². The van der Waals surface area contributed by atoms with Crippen molar-refractivity contribution in [3.63, 3.8) is 0 Å². The normalized spacial score (nSPS) is 16.9. The summed E-state index contributed by atoms with van der Waals surface area (Å²) in [6.07, 6.45) is 6.47. The van der Waals surface area contributed by atoms with Crippen molar-refractivity contribution in [2.75, 3.05) is 0 Å². The Bertz CT molecular complexity index is 620. The third-order valence-corrected chi connectivity index (χ3v) is 4.20. The van der Waals surface area contributed by atoms with Crippen molar-refractivity contribution >= 4 is 16.9 Å². The average molecular weight is 256 g/mol. The van der Waals surface area contributed by atoms with Crippen LogP contribution in [0.2, 0.25) is 0 Å². The largest absolute Gasteiger partial charge is 0.384 e. The molecule has 0 saturated heterocycles. The molecule has 0 amide bonds. The fraction of sp³-hybridized carbons (Fsp3) is 0.467. The number of rotatable bonds is 2. The van der Waals surface area contributed by atoms with Gasteiger partial charge in [-0.25, -0.2) is 4.98 Å². The minimum atomic E-state index is 0.103. The fourth-order valence-corrected chi connectivity index (χ4v) is 3.11. The average Bonchev–Trinajstić information content (AvgIpc) is 2.76. The van der Waals surface area contributed by atoms with Crippen LogP contribution in [0, 0.1) is 5.41 Å². The van der Waals surface area contributed by atoms with E-state index in [1.807, 2.05) is 18.2 Å². The second-order valence-electron chi connectivity index (χ2n) is 5.48. The molecule has 0 atom stereocenters. The summed E-state index contributed by atoms with van der Waals surface area (Å²) in [6.45, 7) is 0. The van der Waals surface area contributed by atoms with Crippen molar-refractivity contribution in [3.8, 4) is 0 Å². The summed E-state index contributed by atoms with van der Waals surface area (Å²) < 4.78 is 2.20. The second kappa shape index (κ2) is 4.68. The number of nitrogen functional groups attached to an aromatic ring is 1. The summed E-state index contributed by atoms with van der Waals surface area (Å²) in [5, 5.41) is 7.51. The van der Waals surface area contributed by atoms with Crippen LogP contribution in [0.5, 0.6) is 0 Å². The van der Waals surface area contributed by atoms with Gasteiger partial charge in [0.15, 0.2) is 0 Å². The Balaban J connectivity index is 2.06. The molecule has 1 aliphatic rings. The van der Waals surface area contributed by atoms with Crippen LogP contribution in [-0.4, -0.2) is 15.4 Å². The van der Waals surface area contributed by atoms with Crippen LogP contribution in [0.25, 0.3) is 11.0 Å². The molecule has 1 aromatic heterocycles. The van der Waals surface area contributed by atoms with Gasteiger partial charge in [0.05, 0.1) is 11.0 Å². The lowest BCUT2D eigenvalue weighted by Crippen LogP contribution is -2.10. The number of imidazole rings is 1. The van der Waals surface area contributed by atoms with Gasteiger partial charge < -0.3 is 10.3 Å². The molecular formula is C15H20N4. The predicted molar refractivity (Wildman–Crippen MR) is 77.6 cm³/mol. The van der Waals surface area contributed by atoms with E-state index < -0.39 is 0 Å². The molecule has 0 radical (unpaired) electrons. The van der Waals surface area contributed by atoms with E-state index in [2.05, 4.69) is 11.6 Å². The summed E-state index contributed by atoms with van der Waals surface area (Å²) in [4.78, 5) is 4.79. The number of amidine groups is 1. The summed E-state index contributed by atoms with van der Waals surface area (Å²) in [7, 11) is 2.09. The molecule has 1 heterocycles. The summed E-state index contributed by atoms with van der Waals surface area (Å²) in [6, 6.07) is 5.84. The van der Waals surface area contributed by atoms with Gasteiger partial charge in [-0.05, 0) is 31.0 Å². The zero-order chi connectivity index (χ0) is 13.4. The molecule has 19 heavy (non-hydrogen) atoms. The van der Waals surface area contributed by atoms with Crippen LogP contribution in [0.4, 0.5) is 0 Å². The topological polar surface area (TPSA) is 67.7 Å². The fourth-order valence-electron chi connectivity index (χ4n) is 3.11. The molecule has 0 spiro atoms. The van der Waals surface area contributed by atoms with Crippen molar-refractivity contribution < 1.29 is 0 Å². The van der Waals surface area contributed by atoms with Crippen LogP contribution < -0.4 is 5.73 Å². The Morgan fingerprint density at radius 2 is 2.05 bits per heavy atom. The second-order valence-corrected chi connectivity index (χ2v) is 5.48. The molecule has 3 N–H and O–H groups in total. The Labute approximate surface area is 113 Å². The van der Waals surface area contributed by atoms with Crippen LogP contribution in [0.1, 0.15) is 49.4 Å². The molecule has 0 bridgehead atoms. The minimum absolute atomic E-state index is 0.103. The Kier molecular flexibility index (Phi) is 3.01. The number of aryl methyl sites for hydroxylation is 1. The molecule has 1 aliphatic carbocycles. The van der Waals surface area contributed by atoms with E-state index in [4.69, 9.17) is 16.1 Å². The summed E-state index contributed by atoms with van der Waals surface area (Å²) >= 11 is 0. The highest BCUT2D eigenvalue weighted by Gasteiger charge is 2.21. The van der Waals surface area contributed by atoms with Gasteiger partial charge >= 0.3 is 0 Å². The minimum Gasteiger partial charge on any atom is -0.384 e. The van der Waals surface area contributed by atoms with Crippen LogP contribution in [0.15, 0.2) is 18.2 Å². The number of nitrogens with two attached hydrogens (primary N) is 1. The molecule has 1 fully saturated rings. The van der Waals surface area contributed by atoms with E-state index in [0.29, 0.717) is 5.92 Å². The molecule has 4 heteroatoms. The standard InChI is InChI=1S/C15H20N4/c1-19-13-8-7-11(14(16)17)9-12(13)18-15(19)10-5-3-2-4-6-10/h7-10H,2-6H2,1H3,(H3,16,17). The van der Waals surface area contributed by atoms with Gasteiger partial charge in [0.1, 0.15) is 11.7 Å². The summed E-state index contributed by atoms with van der Waals surface area (Å²) in [5.74, 6) is 1.88. The Hall–Kier alpha value is -1.84. The monoisotopic (exact) mass is 256 g/mol. The van der Waals surface area contributed by atoms with Crippen LogP contribution in [-0.2, 0) is 7.05 Å². The molecule has 0 aliphatic heterocycles. The Morgan fingerprint density at radius 3 is 2.74 bits per heavy atom. The van der Waals surface area contributed by atoms with E-state index in [-0.39, 0.29) is 5.84 Å². The first kappa shape index (κ1) is 12.2. The molecule has 3 rings (SSSR count). The van der Waals surface area contributed by atoms with E-state index >= 15 is 0 Å². The number of hydrogen-bond acceptors (Lipinski definition) is 2. The zero-order valence-electron chi connectivity index (χ0n) is 11.3. The maximum Gasteiger partial charge on any atom is 0.122 e. The number of hydrogen-bond donors (Lipinski definition) is 2. The van der Waals surface area contributed by atoms with Crippen LogP contribution in [0.3, 0.4) is 0 Å². The Morgan fingerprint density at radius 1 is 1.32 bits per heavy atom. The van der Waals surface area contributed by atoms with Gasteiger partial charge in [0.25, 0.3) is 0 Å². The van der Waals surface area contributed by atoms with Crippen molar-refractivity contribution in [2.24, 2.45) is 12.8 Å². The lowest BCUT2D eigenvalue weighted by molar-refractivity contribution is 0.423. The van der Waals surface area contributed by atoms with Gasteiger partial charge in [-0.1, -0.05) is 19.3 Å². The number of nitrogens with zero attached hydrogens (tertiary/aromatic N) is 2. The zero-order valence-corrected chi connectivity index (χ0v) is 11.3. The highest BCUT2D eigenvalue weighted by atomic mass is 15.1. The van der Waals surface area contributed by atoms with Crippen molar-refractivity contribution in [2.45, 2.75) is 38.0 Å². The first-order valence-corrected chi connectivity index (χ1v) is 6.97. The first-order chi connectivity index (χ1) is 9.16. The predicted octanol–water partition coefficient (Wildman–Crippen LogP) is 2.91. The van der Waals surface area contributed by atoms with E-state index in [0.717, 1.165) is 16.6 Å². The highest BCUT2D eigenvalue weighted by molar-refractivity contribution is 5.98. The third-order valence-electron chi connectivity index (χ3n) is 4.20. The van der Waals surface area contributed by atoms with E-state index in [1.165, 1.54) is 37.9 Å². The first-order valence-electron chi connectivity index (χ1n) is 6.97. The number of aromatic nitrogens is 2. The van der Waals surface area contributed by atoms with Crippen molar-refractivity contribution in [1.82, 2.24) is 9.55 Å². The molecule has 0 unspecified atom stereocenters. The molecular weight excluding hydrogens is 236 g/mol. The van der Waals surface area contributed by atoms with Crippen molar-refractivity contribution in [1.29, 1.82) is 5.41 Å². The van der Waals surface area contributed by atoms with Gasteiger partial charge in [-0.15, -0.1) is 0 Å². The lowest BCUT2D eigenvalue weighted by Gasteiger charge is -2.20. The molecule has 1 aromatic carbocycles. The SMILES string of the molecule is Cn1c(C2CCCCC2)nc2cc(C(=N)N)ccc21. The van der Waals surface area contributed by atoms with E-state index in [9.17, 15) is 0 Å². The van der Waals surface area contributed by atoms with Crippen LogP contribution >= 0.6 is 0 Å². The molecule has 2 aromatic rings. The number of fused-ring (bicyclic) bond motifs is 1.